The third kappa shape index (κ3) is 3.86. The summed E-state index contributed by atoms with van der Waals surface area (Å²) < 4.78 is 0. The first-order valence-corrected chi connectivity index (χ1v) is 5.41. The minimum absolute atomic E-state index is 0.196. The number of nitrogen functional groups attached to an aromatic ring is 1. The Morgan fingerprint density at radius 3 is 2.33 bits per heavy atom. The third-order valence-corrected chi connectivity index (χ3v) is 2.09. The molecule has 84 valence electrons. The number of anilines is 1. The second kappa shape index (κ2) is 4.17. The van der Waals surface area contributed by atoms with Crippen LogP contribution in [0.5, 0.6) is 0 Å². The van der Waals surface area contributed by atoms with Crippen LogP contribution in [0.3, 0.4) is 0 Å². The molecule has 0 aliphatic rings. The van der Waals surface area contributed by atoms with Gasteiger partial charge in [-0.3, -0.25) is 0 Å². The summed E-state index contributed by atoms with van der Waals surface area (Å²) in [6, 6.07) is 1.86. The van der Waals surface area contributed by atoms with Gasteiger partial charge in [-0.1, -0.05) is 34.6 Å². The maximum Gasteiger partial charge on any atom is 0.131 e. The standard InChI is InChI=1S/C12H21N3/c1-8(2)9-6-10(13)15-11(14-9)7-12(3,4)5/h6,8H,7H2,1-5H3,(H2,13,14,15). The molecule has 15 heavy (non-hydrogen) atoms. The van der Waals surface area contributed by atoms with Crippen molar-refractivity contribution >= 4 is 5.82 Å². The lowest BCUT2D eigenvalue weighted by Gasteiger charge is -2.17. The summed E-state index contributed by atoms with van der Waals surface area (Å²) in [4.78, 5) is 8.80. The molecule has 1 aromatic rings. The molecule has 0 saturated carbocycles. The summed E-state index contributed by atoms with van der Waals surface area (Å²) in [5.41, 5.74) is 6.99. The summed E-state index contributed by atoms with van der Waals surface area (Å²) in [7, 11) is 0. The molecule has 0 aliphatic heterocycles. The first-order chi connectivity index (χ1) is 6.78. The van der Waals surface area contributed by atoms with Gasteiger partial charge < -0.3 is 5.73 Å². The van der Waals surface area contributed by atoms with Crippen molar-refractivity contribution in [1.29, 1.82) is 0 Å². The van der Waals surface area contributed by atoms with E-state index in [0.29, 0.717) is 11.7 Å². The van der Waals surface area contributed by atoms with Crippen LogP contribution in [-0.2, 0) is 6.42 Å². The highest BCUT2D eigenvalue weighted by molar-refractivity contribution is 5.31. The molecular formula is C12H21N3. The van der Waals surface area contributed by atoms with Gasteiger partial charge in [0.15, 0.2) is 0 Å². The molecule has 0 aliphatic carbocycles. The first kappa shape index (κ1) is 12.0. The van der Waals surface area contributed by atoms with Crippen molar-refractivity contribution in [2.24, 2.45) is 5.41 Å². The zero-order valence-corrected chi connectivity index (χ0v) is 10.3. The molecule has 3 heteroatoms. The monoisotopic (exact) mass is 207 g/mol. The smallest absolute Gasteiger partial charge is 0.131 e. The Labute approximate surface area is 92.1 Å². The average molecular weight is 207 g/mol. The molecule has 0 fully saturated rings. The zero-order valence-electron chi connectivity index (χ0n) is 10.3. The van der Waals surface area contributed by atoms with Crippen molar-refractivity contribution < 1.29 is 0 Å². The normalized spacial score (nSPS) is 12.1. The second-order valence-corrected chi connectivity index (χ2v) is 5.53. The van der Waals surface area contributed by atoms with E-state index >= 15 is 0 Å². The van der Waals surface area contributed by atoms with Gasteiger partial charge in [0.05, 0.1) is 0 Å². The number of hydrogen-bond donors (Lipinski definition) is 1. The molecule has 0 spiro atoms. The van der Waals surface area contributed by atoms with E-state index in [4.69, 9.17) is 5.73 Å². The van der Waals surface area contributed by atoms with Crippen molar-refractivity contribution in [2.75, 3.05) is 5.73 Å². The molecule has 1 heterocycles. The van der Waals surface area contributed by atoms with Crippen LogP contribution < -0.4 is 5.73 Å². The largest absolute Gasteiger partial charge is 0.384 e. The Morgan fingerprint density at radius 2 is 1.87 bits per heavy atom. The fraction of sp³-hybridized carbons (Fsp3) is 0.667. The van der Waals surface area contributed by atoms with Gasteiger partial charge in [-0.15, -0.1) is 0 Å². The first-order valence-electron chi connectivity index (χ1n) is 5.41. The van der Waals surface area contributed by atoms with E-state index in [1.807, 2.05) is 6.07 Å². The lowest BCUT2D eigenvalue weighted by molar-refractivity contribution is 0.400. The molecule has 0 amide bonds. The lowest BCUT2D eigenvalue weighted by atomic mass is 9.92. The van der Waals surface area contributed by atoms with Crippen LogP contribution in [0.2, 0.25) is 0 Å². The van der Waals surface area contributed by atoms with Gasteiger partial charge in [0.25, 0.3) is 0 Å². The van der Waals surface area contributed by atoms with Gasteiger partial charge in [-0.05, 0) is 11.3 Å². The van der Waals surface area contributed by atoms with Gasteiger partial charge in [-0.2, -0.15) is 0 Å². The van der Waals surface area contributed by atoms with Crippen molar-refractivity contribution in [1.82, 2.24) is 9.97 Å². The van der Waals surface area contributed by atoms with E-state index in [0.717, 1.165) is 17.9 Å². The molecule has 1 rings (SSSR count). The molecule has 0 saturated heterocycles. The maximum absolute atomic E-state index is 5.76. The third-order valence-electron chi connectivity index (χ3n) is 2.09. The highest BCUT2D eigenvalue weighted by Crippen LogP contribution is 2.21. The van der Waals surface area contributed by atoms with E-state index in [1.165, 1.54) is 0 Å². The van der Waals surface area contributed by atoms with Crippen LogP contribution in [0.4, 0.5) is 5.82 Å². The average Bonchev–Trinajstić information content (AvgIpc) is 1.99. The molecule has 0 aromatic carbocycles. The summed E-state index contributed by atoms with van der Waals surface area (Å²) >= 11 is 0. The minimum Gasteiger partial charge on any atom is -0.384 e. The molecule has 2 N–H and O–H groups in total. The maximum atomic E-state index is 5.76. The van der Waals surface area contributed by atoms with Crippen molar-refractivity contribution in [2.45, 2.75) is 47.0 Å². The van der Waals surface area contributed by atoms with Gasteiger partial charge >= 0.3 is 0 Å². The summed E-state index contributed by atoms with van der Waals surface area (Å²) in [5, 5.41) is 0. The van der Waals surface area contributed by atoms with Gasteiger partial charge in [0, 0.05) is 18.2 Å². The molecule has 3 nitrogen and oxygen atoms in total. The van der Waals surface area contributed by atoms with Crippen molar-refractivity contribution in [3.8, 4) is 0 Å². The van der Waals surface area contributed by atoms with Crippen LogP contribution in [0, 0.1) is 5.41 Å². The van der Waals surface area contributed by atoms with Crippen LogP contribution >= 0.6 is 0 Å². The minimum atomic E-state index is 0.196. The summed E-state index contributed by atoms with van der Waals surface area (Å²) in [5.74, 6) is 1.83. The number of rotatable bonds is 2. The van der Waals surface area contributed by atoms with Crippen LogP contribution in [0.1, 0.15) is 52.1 Å². The fourth-order valence-corrected chi connectivity index (χ4v) is 1.39. The zero-order chi connectivity index (χ0) is 11.6. The molecular weight excluding hydrogens is 186 g/mol. The Kier molecular flexibility index (Phi) is 3.32. The quantitative estimate of drug-likeness (QED) is 0.811. The van der Waals surface area contributed by atoms with Gasteiger partial charge in [0.1, 0.15) is 11.6 Å². The summed E-state index contributed by atoms with van der Waals surface area (Å²) in [6.07, 6.45) is 0.859. The summed E-state index contributed by atoms with van der Waals surface area (Å²) in [6.45, 7) is 10.8. The predicted octanol–water partition coefficient (Wildman–Crippen LogP) is 2.77. The predicted molar refractivity (Wildman–Crippen MR) is 63.7 cm³/mol. The molecule has 0 atom stereocenters. The molecule has 1 aromatic heterocycles. The Hall–Kier alpha value is -1.12. The van der Waals surface area contributed by atoms with Gasteiger partial charge in [0.2, 0.25) is 0 Å². The van der Waals surface area contributed by atoms with Crippen molar-refractivity contribution in [3.05, 3.63) is 17.6 Å². The highest BCUT2D eigenvalue weighted by Gasteiger charge is 2.15. The van der Waals surface area contributed by atoms with Gasteiger partial charge in [-0.25, -0.2) is 9.97 Å². The second-order valence-electron chi connectivity index (χ2n) is 5.53. The lowest BCUT2D eigenvalue weighted by Crippen LogP contribution is -2.14. The topological polar surface area (TPSA) is 51.8 Å². The van der Waals surface area contributed by atoms with E-state index < -0.39 is 0 Å². The fourth-order valence-electron chi connectivity index (χ4n) is 1.39. The van der Waals surface area contributed by atoms with Crippen LogP contribution in [0.15, 0.2) is 6.07 Å². The molecule has 0 bridgehead atoms. The number of aromatic nitrogens is 2. The Balaban J connectivity index is 2.99. The molecule has 0 radical (unpaired) electrons. The van der Waals surface area contributed by atoms with Crippen LogP contribution in [0.25, 0.3) is 0 Å². The van der Waals surface area contributed by atoms with Crippen molar-refractivity contribution in [3.63, 3.8) is 0 Å². The van der Waals surface area contributed by atoms with Crippen LogP contribution in [-0.4, -0.2) is 9.97 Å². The Morgan fingerprint density at radius 1 is 1.27 bits per heavy atom. The molecule has 0 unspecified atom stereocenters. The highest BCUT2D eigenvalue weighted by atomic mass is 14.9. The van der Waals surface area contributed by atoms with E-state index in [2.05, 4.69) is 44.6 Å². The SMILES string of the molecule is CC(C)c1cc(N)nc(CC(C)(C)C)n1. The number of hydrogen-bond acceptors (Lipinski definition) is 3. The van der Waals surface area contributed by atoms with E-state index in [9.17, 15) is 0 Å². The number of nitrogens with zero attached hydrogens (tertiary/aromatic N) is 2. The van der Waals surface area contributed by atoms with E-state index in [-0.39, 0.29) is 5.41 Å². The van der Waals surface area contributed by atoms with E-state index in [1.54, 1.807) is 0 Å². The number of nitrogens with two attached hydrogens (primary N) is 1. The Bertz CT molecular complexity index is 337.